The molecule has 0 fully saturated rings. The Balaban J connectivity index is 1.77. The van der Waals surface area contributed by atoms with E-state index in [1.165, 1.54) is 35.4 Å². The number of Topliss-reactive ketones (excluding diaryl/α,β-unsaturated/α-hetero) is 1. The third-order valence-corrected chi connectivity index (χ3v) is 4.28. The molecular weight excluding hydrogens is 331 g/mol. The Kier molecular flexibility index (Phi) is 4.98. The zero-order chi connectivity index (χ0) is 18.7. The van der Waals surface area contributed by atoms with E-state index in [2.05, 4.69) is 11.4 Å². The summed E-state index contributed by atoms with van der Waals surface area (Å²) >= 11 is 0. The lowest BCUT2D eigenvalue weighted by Gasteiger charge is -2.10. The molecule has 0 unspecified atom stereocenters. The Labute approximate surface area is 151 Å². The molecule has 0 saturated heterocycles. The molecule has 5 heteroatoms. The van der Waals surface area contributed by atoms with Gasteiger partial charge in [-0.25, -0.2) is 4.39 Å². The molecule has 1 N–H and O–H groups in total. The number of nitrogens with one attached hydrogen (secondary N) is 1. The van der Waals surface area contributed by atoms with Crippen molar-refractivity contribution in [3.05, 3.63) is 89.0 Å². The number of ketones is 1. The van der Waals surface area contributed by atoms with Crippen molar-refractivity contribution in [3.8, 4) is 0 Å². The molecule has 1 heterocycles. The van der Waals surface area contributed by atoms with Crippen molar-refractivity contribution in [2.75, 3.05) is 5.32 Å². The van der Waals surface area contributed by atoms with E-state index in [4.69, 9.17) is 0 Å². The molecule has 0 bridgehead atoms. The highest BCUT2D eigenvalue weighted by molar-refractivity contribution is 6.46. The third kappa shape index (κ3) is 3.88. The summed E-state index contributed by atoms with van der Waals surface area (Å²) in [6.45, 7) is 4.57. The van der Waals surface area contributed by atoms with Gasteiger partial charge in [-0.1, -0.05) is 24.3 Å². The zero-order valence-electron chi connectivity index (χ0n) is 14.6. The lowest BCUT2D eigenvalue weighted by atomic mass is 10.1. The summed E-state index contributed by atoms with van der Waals surface area (Å²) in [6, 6.07) is 14.9. The highest BCUT2D eigenvalue weighted by Crippen LogP contribution is 2.14. The van der Waals surface area contributed by atoms with Crippen molar-refractivity contribution in [3.63, 3.8) is 0 Å². The van der Waals surface area contributed by atoms with Crippen LogP contribution in [0.2, 0.25) is 0 Å². The largest absolute Gasteiger partial charge is 0.340 e. The Morgan fingerprint density at radius 1 is 1.00 bits per heavy atom. The quantitative estimate of drug-likeness (QED) is 0.556. The fourth-order valence-corrected chi connectivity index (χ4v) is 2.73. The fraction of sp³-hybridized carbons (Fsp3) is 0.143. The van der Waals surface area contributed by atoms with Gasteiger partial charge >= 0.3 is 0 Å². The van der Waals surface area contributed by atoms with Gasteiger partial charge in [-0.05, 0) is 60.9 Å². The van der Waals surface area contributed by atoms with Gasteiger partial charge < -0.3 is 9.88 Å². The highest BCUT2D eigenvalue weighted by Gasteiger charge is 2.20. The highest BCUT2D eigenvalue weighted by atomic mass is 19.1. The third-order valence-electron chi connectivity index (χ3n) is 4.28. The van der Waals surface area contributed by atoms with E-state index in [1.54, 1.807) is 22.9 Å². The molecule has 0 radical (unpaired) electrons. The Bertz CT molecular complexity index is 976. The van der Waals surface area contributed by atoms with Crippen molar-refractivity contribution >= 4 is 17.4 Å². The lowest BCUT2D eigenvalue weighted by molar-refractivity contribution is -0.112. The summed E-state index contributed by atoms with van der Waals surface area (Å²) < 4.78 is 15.0. The molecule has 0 spiro atoms. The molecule has 4 nitrogen and oxygen atoms in total. The van der Waals surface area contributed by atoms with Crippen LogP contribution in [0.25, 0.3) is 0 Å². The van der Waals surface area contributed by atoms with Crippen LogP contribution in [0.5, 0.6) is 0 Å². The number of halogens is 1. The normalized spacial score (nSPS) is 10.6. The predicted molar refractivity (Wildman–Crippen MR) is 98.8 cm³/mol. The minimum absolute atomic E-state index is 0.246. The van der Waals surface area contributed by atoms with Gasteiger partial charge in [-0.15, -0.1) is 0 Å². The number of amides is 1. The van der Waals surface area contributed by atoms with E-state index >= 15 is 0 Å². The molecule has 0 aliphatic carbocycles. The van der Waals surface area contributed by atoms with E-state index in [1.807, 2.05) is 26.0 Å². The molecule has 0 saturated carbocycles. The van der Waals surface area contributed by atoms with Crippen LogP contribution in [0.3, 0.4) is 0 Å². The van der Waals surface area contributed by atoms with Crippen LogP contribution >= 0.6 is 0 Å². The molecular formula is C21H19FN2O2. The van der Waals surface area contributed by atoms with Crippen molar-refractivity contribution < 1.29 is 14.0 Å². The summed E-state index contributed by atoms with van der Waals surface area (Å²) in [6.07, 6.45) is 1.76. The summed E-state index contributed by atoms with van der Waals surface area (Å²) in [5.41, 5.74) is 3.95. The molecule has 0 aliphatic rings. The van der Waals surface area contributed by atoms with Crippen molar-refractivity contribution in [2.24, 2.45) is 0 Å². The van der Waals surface area contributed by atoms with Crippen LogP contribution in [0, 0.1) is 19.7 Å². The van der Waals surface area contributed by atoms with Gasteiger partial charge in [0.2, 0.25) is 0 Å². The minimum atomic E-state index is -0.796. The number of aryl methyl sites for hydroxylation is 2. The van der Waals surface area contributed by atoms with Crippen LogP contribution in [0.15, 0.2) is 60.8 Å². The molecule has 0 atom stereocenters. The summed E-state index contributed by atoms with van der Waals surface area (Å²) in [7, 11) is 0. The summed E-state index contributed by atoms with van der Waals surface area (Å²) in [5.74, 6) is -1.94. The first-order valence-electron chi connectivity index (χ1n) is 8.26. The predicted octanol–water partition coefficient (Wildman–Crippen LogP) is 4.11. The van der Waals surface area contributed by atoms with Gasteiger partial charge in [0.1, 0.15) is 5.82 Å². The van der Waals surface area contributed by atoms with Gasteiger partial charge in [0.15, 0.2) is 0 Å². The van der Waals surface area contributed by atoms with Crippen LogP contribution in [0.1, 0.15) is 27.2 Å². The number of benzene rings is 2. The first-order chi connectivity index (χ1) is 12.4. The van der Waals surface area contributed by atoms with Crippen molar-refractivity contribution in [2.45, 2.75) is 20.4 Å². The number of aromatic nitrogens is 1. The molecule has 26 heavy (non-hydrogen) atoms. The van der Waals surface area contributed by atoms with Crippen LogP contribution in [-0.2, 0) is 11.3 Å². The Morgan fingerprint density at radius 2 is 1.81 bits per heavy atom. The molecule has 3 rings (SSSR count). The number of nitrogens with zero attached hydrogens (tertiary/aromatic N) is 1. The van der Waals surface area contributed by atoms with E-state index in [9.17, 15) is 14.0 Å². The second-order valence-corrected chi connectivity index (χ2v) is 6.23. The van der Waals surface area contributed by atoms with E-state index in [-0.39, 0.29) is 11.4 Å². The van der Waals surface area contributed by atoms with Crippen LogP contribution in [0.4, 0.5) is 10.1 Å². The average Bonchev–Trinajstić information content (AvgIpc) is 3.05. The van der Waals surface area contributed by atoms with Crippen LogP contribution < -0.4 is 5.32 Å². The SMILES string of the molecule is Cc1ccc(Cn2cccc2C(=O)C(=O)Nc2cccc(F)c2)cc1C. The summed E-state index contributed by atoms with van der Waals surface area (Å²) in [4.78, 5) is 24.7. The first-order valence-corrected chi connectivity index (χ1v) is 8.26. The maximum atomic E-state index is 13.2. The molecule has 1 amide bonds. The average molecular weight is 350 g/mol. The number of hydrogen-bond acceptors (Lipinski definition) is 2. The number of carbonyl (C=O) groups is 2. The Hall–Kier alpha value is -3.21. The standard InChI is InChI=1S/C21H19FN2O2/c1-14-8-9-16(11-15(14)2)13-24-10-4-7-19(24)20(25)21(26)23-18-6-3-5-17(22)12-18/h3-12H,13H2,1-2H3,(H,23,26). The summed E-state index contributed by atoms with van der Waals surface area (Å²) in [5, 5.41) is 2.44. The van der Waals surface area contributed by atoms with E-state index in [0.717, 1.165) is 5.56 Å². The first kappa shape index (κ1) is 17.6. The molecule has 3 aromatic rings. The second-order valence-electron chi connectivity index (χ2n) is 6.23. The second kappa shape index (κ2) is 7.35. The van der Waals surface area contributed by atoms with E-state index in [0.29, 0.717) is 6.54 Å². The maximum Gasteiger partial charge on any atom is 0.298 e. The molecule has 132 valence electrons. The number of anilines is 1. The van der Waals surface area contributed by atoms with Crippen LogP contribution in [-0.4, -0.2) is 16.3 Å². The lowest BCUT2D eigenvalue weighted by Crippen LogP contribution is -2.25. The fourth-order valence-electron chi connectivity index (χ4n) is 2.73. The minimum Gasteiger partial charge on any atom is -0.340 e. The number of carbonyl (C=O) groups excluding carboxylic acids is 2. The van der Waals surface area contributed by atoms with Crippen molar-refractivity contribution in [1.29, 1.82) is 0 Å². The van der Waals surface area contributed by atoms with E-state index < -0.39 is 17.5 Å². The number of hydrogen-bond donors (Lipinski definition) is 1. The van der Waals surface area contributed by atoms with Gasteiger partial charge in [0, 0.05) is 18.4 Å². The maximum absolute atomic E-state index is 13.2. The van der Waals surface area contributed by atoms with Gasteiger partial charge in [0.05, 0.1) is 5.69 Å². The molecule has 0 aliphatic heterocycles. The molecule has 1 aromatic heterocycles. The van der Waals surface area contributed by atoms with Crippen molar-refractivity contribution in [1.82, 2.24) is 4.57 Å². The van der Waals surface area contributed by atoms with Gasteiger partial charge in [0.25, 0.3) is 11.7 Å². The zero-order valence-corrected chi connectivity index (χ0v) is 14.6. The smallest absolute Gasteiger partial charge is 0.298 e. The monoisotopic (exact) mass is 350 g/mol. The molecule has 2 aromatic carbocycles. The van der Waals surface area contributed by atoms with Gasteiger partial charge in [-0.3, -0.25) is 9.59 Å². The number of rotatable bonds is 5. The van der Waals surface area contributed by atoms with Gasteiger partial charge in [-0.2, -0.15) is 0 Å². The topological polar surface area (TPSA) is 51.1 Å². The Morgan fingerprint density at radius 3 is 2.54 bits per heavy atom.